The molecule has 1 aromatic rings. The highest BCUT2D eigenvalue weighted by molar-refractivity contribution is 5.76. The van der Waals surface area contributed by atoms with Gasteiger partial charge in [0.1, 0.15) is 6.61 Å². The number of rotatable bonds is 4. The molecule has 104 valence electrons. The average Bonchev–Trinajstić information content (AvgIpc) is 2.46. The summed E-state index contributed by atoms with van der Waals surface area (Å²) in [6, 6.07) is 9.75. The van der Waals surface area contributed by atoms with E-state index in [-0.39, 0.29) is 12.1 Å². The molecule has 0 amide bonds. The number of benzene rings is 1. The molecule has 0 N–H and O–H groups in total. The Labute approximate surface area is 114 Å². The van der Waals surface area contributed by atoms with Crippen LogP contribution in [-0.2, 0) is 20.9 Å². The first-order valence-electron chi connectivity index (χ1n) is 6.93. The van der Waals surface area contributed by atoms with Gasteiger partial charge in [-0.15, -0.1) is 0 Å². The van der Waals surface area contributed by atoms with E-state index in [1.54, 1.807) is 0 Å². The monoisotopic (exact) mass is 262 g/mol. The van der Waals surface area contributed by atoms with Crippen molar-refractivity contribution in [1.82, 2.24) is 0 Å². The standard InChI is InChI=1S/C16H22O3/c1-16(2,14-10-6-7-11-18-14)15(17)19-12-13-8-4-3-5-9-13/h3-5,8-9,14H,6-7,10-12H2,1-2H3/t14-/m1/s1. The lowest BCUT2D eigenvalue weighted by Crippen LogP contribution is -2.41. The highest BCUT2D eigenvalue weighted by Crippen LogP contribution is 2.31. The molecular weight excluding hydrogens is 240 g/mol. The normalized spacial score (nSPS) is 20.0. The van der Waals surface area contributed by atoms with E-state index < -0.39 is 5.41 Å². The van der Waals surface area contributed by atoms with Crippen molar-refractivity contribution in [1.29, 1.82) is 0 Å². The summed E-state index contributed by atoms with van der Waals surface area (Å²) in [4.78, 5) is 12.2. The summed E-state index contributed by atoms with van der Waals surface area (Å²) in [6.45, 7) is 4.91. The first-order valence-corrected chi connectivity index (χ1v) is 6.93. The minimum Gasteiger partial charge on any atom is -0.460 e. The zero-order chi connectivity index (χ0) is 13.7. The van der Waals surface area contributed by atoms with Crippen molar-refractivity contribution in [2.45, 2.75) is 45.8 Å². The molecular formula is C16H22O3. The van der Waals surface area contributed by atoms with E-state index in [1.807, 2.05) is 44.2 Å². The molecule has 1 fully saturated rings. The zero-order valence-corrected chi connectivity index (χ0v) is 11.7. The van der Waals surface area contributed by atoms with E-state index >= 15 is 0 Å². The number of esters is 1. The van der Waals surface area contributed by atoms with E-state index in [9.17, 15) is 4.79 Å². The van der Waals surface area contributed by atoms with E-state index in [0.717, 1.165) is 31.4 Å². The lowest BCUT2D eigenvalue weighted by Gasteiger charge is -2.34. The molecule has 1 aliphatic rings. The van der Waals surface area contributed by atoms with Gasteiger partial charge >= 0.3 is 5.97 Å². The first kappa shape index (κ1) is 14.1. The molecule has 3 heteroatoms. The maximum absolute atomic E-state index is 12.2. The molecule has 0 bridgehead atoms. The molecule has 1 atom stereocenters. The van der Waals surface area contributed by atoms with E-state index in [0.29, 0.717) is 6.61 Å². The molecule has 1 saturated heterocycles. The van der Waals surface area contributed by atoms with Gasteiger partial charge in [0.2, 0.25) is 0 Å². The third-order valence-corrected chi connectivity index (χ3v) is 3.72. The lowest BCUT2D eigenvalue weighted by atomic mass is 9.83. The SMILES string of the molecule is CC(C)(C(=O)OCc1ccccc1)[C@H]1CCCCO1. The number of carbonyl (C=O) groups is 1. The van der Waals surface area contributed by atoms with Gasteiger partial charge in [-0.05, 0) is 38.7 Å². The minimum absolute atomic E-state index is 0.0236. The van der Waals surface area contributed by atoms with Crippen LogP contribution in [0.1, 0.15) is 38.7 Å². The molecule has 3 nitrogen and oxygen atoms in total. The van der Waals surface area contributed by atoms with Crippen molar-refractivity contribution in [2.24, 2.45) is 5.41 Å². The van der Waals surface area contributed by atoms with Crippen LogP contribution in [0.25, 0.3) is 0 Å². The Bertz CT molecular complexity index is 405. The van der Waals surface area contributed by atoms with Gasteiger partial charge in [-0.2, -0.15) is 0 Å². The molecule has 0 spiro atoms. The summed E-state index contributed by atoms with van der Waals surface area (Å²) >= 11 is 0. The summed E-state index contributed by atoms with van der Waals surface area (Å²) in [5.74, 6) is -0.178. The van der Waals surface area contributed by atoms with Crippen LogP contribution < -0.4 is 0 Å². The van der Waals surface area contributed by atoms with Crippen LogP contribution in [0.5, 0.6) is 0 Å². The first-order chi connectivity index (χ1) is 9.10. The molecule has 2 rings (SSSR count). The maximum atomic E-state index is 12.2. The van der Waals surface area contributed by atoms with Gasteiger partial charge in [-0.3, -0.25) is 4.79 Å². The smallest absolute Gasteiger partial charge is 0.314 e. The van der Waals surface area contributed by atoms with E-state index in [4.69, 9.17) is 9.47 Å². The number of hydrogen-bond acceptors (Lipinski definition) is 3. The molecule has 1 aliphatic heterocycles. The molecule has 1 heterocycles. The molecule has 0 radical (unpaired) electrons. The van der Waals surface area contributed by atoms with Crippen LogP contribution in [0.3, 0.4) is 0 Å². The van der Waals surface area contributed by atoms with Gasteiger partial charge < -0.3 is 9.47 Å². The lowest BCUT2D eigenvalue weighted by molar-refractivity contribution is -0.167. The second kappa shape index (κ2) is 6.20. The highest BCUT2D eigenvalue weighted by atomic mass is 16.5. The fourth-order valence-corrected chi connectivity index (χ4v) is 2.35. The number of carbonyl (C=O) groups excluding carboxylic acids is 1. The predicted molar refractivity (Wildman–Crippen MR) is 73.6 cm³/mol. The Morgan fingerprint density at radius 3 is 2.68 bits per heavy atom. The molecule has 0 aromatic heterocycles. The Hall–Kier alpha value is -1.35. The van der Waals surface area contributed by atoms with Crippen molar-refractivity contribution in [3.63, 3.8) is 0 Å². The maximum Gasteiger partial charge on any atom is 0.314 e. The van der Waals surface area contributed by atoms with Gasteiger partial charge in [0.05, 0.1) is 11.5 Å². The molecule has 0 unspecified atom stereocenters. The van der Waals surface area contributed by atoms with Gasteiger partial charge in [-0.25, -0.2) is 0 Å². The van der Waals surface area contributed by atoms with Crippen LogP contribution in [-0.4, -0.2) is 18.7 Å². The van der Waals surface area contributed by atoms with Crippen LogP contribution in [0.2, 0.25) is 0 Å². The summed E-state index contributed by atoms with van der Waals surface area (Å²) in [5, 5.41) is 0. The summed E-state index contributed by atoms with van der Waals surface area (Å²) in [5.41, 5.74) is 0.436. The van der Waals surface area contributed by atoms with E-state index in [1.165, 1.54) is 0 Å². The predicted octanol–water partition coefficient (Wildman–Crippen LogP) is 3.33. The molecule has 0 saturated carbocycles. The Balaban J connectivity index is 1.90. The quantitative estimate of drug-likeness (QED) is 0.781. The molecule has 1 aromatic carbocycles. The van der Waals surface area contributed by atoms with E-state index in [2.05, 4.69) is 0 Å². The third kappa shape index (κ3) is 3.57. The van der Waals surface area contributed by atoms with Crippen molar-refractivity contribution in [2.75, 3.05) is 6.61 Å². The Morgan fingerprint density at radius 1 is 1.32 bits per heavy atom. The Morgan fingerprint density at radius 2 is 2.05 bits per heavy atom. The summed E-state index contributed by atoms with van der Waals surface area (Å²) in [6.07, 6.45) is 3.13. The molecule has 0 aliphatic carbocycles. The fraction of sp³-hybridized carbons (Fsp3) is 0.562. The Kier molecular flexibility index (Phi) is 4.59. The van der Waals surface area contributed by atoms with Crippen molar-refractivity contribution in [3.05, 3.63) is 35.9 Å². The summed E-state index contributed by atoms with van der Waals surface area (Å²) in [7, 11) is 0. The van der Waals surface area contributed by atoms with Gasteiger partial charge in [0, 0.05) is 6.61 Å². The minimum atomic E-state index is -0.574. The van der Waals surface area contributed by atoms with Gasteiger partial charge in [0.15, 0.2) is 0 Å². The summed E-state index contributed by atoms with van der Waals surface area (Å²) < 4.78 is 11.1. The van der Waals surface area contributed by atoms with Crippen LogP contribution in [0.15, 0.2) is 30.3 Å². The van der Waals surface area contributed by atoms with Crippen molar-refractivity contribution in [3.8, 4) is 0 Å². The van der Waals surface area contributed by atoms with Crippen LogP contribution >= 0.6 is 0 Å². The topological polar surface area (TPSA) is 35.5 Å². The second-order valence-corrected chi connectivity index (χ2v) is 5.64. The largest absolute Gasteiger partial charge is 0.460 e. The van der Waals surface area contributed by atoms with Crippen molar-refractivity contribution < 1.29 is 14.3 Å². The average molecular weight is 262 g/mol. The van der Waals surface area contributed by atoms with Gasteiger partial charge in [-0.1, -0.05) is 30.3 Å². The van der Waals surface area contributed by atoms with Crippen LogP contribution in [0, 0.1) is 5.41 Å². The van der Waals surface area contributed by atoms with Gasteiger partial charge in [0.25, 0.3) is 0 Å². The number of hydrogen-bond donors (Lipinski definition) is 0. The fourth-order valence-electron chi connectivity index (χ4n) is 2.35. The van der Waals surface area contributed by atoms with Crippen molar-refractivity contribution >= 4 is 5.97 Å². The number of ether oxygens (including phenoxy) is 2. The van der Waals surface area contributed by atoms with Crippen LogP contribution in [0.4, 0.5) is 0 Å². The second-order valence-electron chi connectivity index (χ2n) is 5.64. The highest BCUT2D eigenvalue weighted by Gasteiger charge is 2.39. The molecule has 19 heavy (non-hydrogen) atoms. The zero-order valence-electron chi connectivity index (χ0n) is 11.7. The third-order valence-electron chi connectivity index (χ3n) is 3.72.